The Morgan fingerprint density at radius 3 is 2.55 bits per heavy atom. The Hall–Kier alpha value is -2.55. The van der Waals surface area contributed by atoms with Crippen LogP contribution in [0.5, 0.6) is 0 Å². The summed E-state index contributed by atoms with van der Waals surface area (Å²) in [6.07, 6.45) is 0.554. The lowest BCUT2D eigenvalue weighted by Crippen LogP contribution is -2.28. The van der Waals surface area contributed by atoms with E-state index in [0.29, 0.717) is 12.1 Å². The second-order valence-corrected chi connectivity index (χ2v) is 9.35. The van der Waals surface area contributed by atoms with Crippen LogP contribution in [0.1, 0.15) is 12.8 Å². The minimum absolute atomic E-state index is 0.0242. The van der Waals surface area contributed by atoms with Gasteiger partial charge in [0.1, 0.15) is 5.82 Å². The normalized spacial score (nSPS) is 11.6. The van der Waals surface area contributed by atoms with Gasteiger partial charge < -0.3 is 5.32 Å². The molecule has 0 aliphatic carbocycles. The second kappa shape index (κ2) is 9.30. The van der Waals surface area contributed by atoms with Crippen LogP contribution in [-0.2, 0) is 14.8 Å². The van der Waals surface area contributed by atoms with Crippen molar-refractivity contribution in [1.29, 1.82) is 0 Å². The number of benzene rings is 2. The van der Waals surface area contributed by atoms with E-state index in [1.165, 1.54) is 23.5 Å². The molecule has 29 heavy (non-hydrogen) atoms. The number of anilines is 1. The van der Waals surface area contributed by atoms with Crippen molar-refractivity contribution in [3.05, 3.63) is 71.2 Å². The van der Waals surface area contributed by atoms with E-state index in [-0.39, 0.29) is 23.8 Å². The van der Waals surface area contributed by atoms with Crippen LogP contribution < -0.4 is 5.32 Å². The molecule has 1 aromatic heterocycles. The van der Waals surface area contributed by atoms with Crippen LogP contribution in [0.15, 0.2) is 70.3 Å². The minimum Gasteiger partial charge on any atom is -0.326 e. The smallest absolute Gasteiger partial charge is 0.242 e. The molecule has 3 aromatic rings. The molecular formula is C21H21FN2O3S2. The molecule has 1 heterocycles. The molecule has 0 atom stereocenters. The number of hydrogen-bond acceptors (Lipinski definition) is 4. The van der Waals surface area contributed by atoms with E-state index in [1.54, 1.807) is 11.3 Å². The number of carbonyl (C=O) groups is 1. The minimum atomic E-state index is -3.71. The average molecular weight is 433 g/mol. The molecular weight excluding hydrogens is 411 g/mol. The quantitative estimate of drug-likeness (QED) is 0.566. The van der Waals surface area contributed by atoms with Crippen LogP contribution in [0.3, 0.4) is 0 Å². The summed E-state index contributed by atoms with van der Waals surface area (Å²) in [5.74, 6) is -0.675. The Labute approximate surface area is 173 Å². The number of sulfonamides is 1. The summed E-state index contributed by atoms with van der Waals surface area (Å²) in [6.45, 7) is 0.183. The van der Waals surface area contributed by atoms with Crippen molar-refractivity contribution < 1.29 is 17.6 Å². The fraction of sp³-hybridized carbons (Fsp3) is 0.190. The van der Waals surface area contributed by atoms with E-state index in [9.17, 15) is 17.6 Å². The number of hydrogen-bond donors (Lipinski definition) is 1. The van der Waals surface area contributed by atoms with Crippen molar-refractivity contribution in [2.75, 3.05) is 18.9 Å². The van der Waals surface area contributed by atoms with E-state index in [1.807, 2.05) is 41.1 Å². The zero-order valence-corrected chi connectivity index (χ0v) is 17.5. The molecule has 0 bridgehead atoms. The van der Waals surface area contributed by atoms with Gasteiger partial charge in [-0.2, -0.15) is 11.3 Å². The summed E-state index contributed by atoms with van der Waals surface area (Å²) in [5.41, 5.74) is 2.82. The largest absolute Gasteiger partial charge is 0.326 e. The zero-order valence-electron chi connectivity index (χ0n) is 15.8. The van der Waals surface area contributed by atoms with Crippen molar-refractivity contribution >= 4 is 33.0 Å². The lowest BCUT2D eigenvalue weighted by Gasteiger charge is -2.17. The van der Waals surface area contributed by atoms with Gasteiger partial charge in [-0.3, -0.25) is 4.79 Å². The third kappa shape index (κ3) is 5.50. The lowest BCUT2D eigenvalue weighted by molar-refractivity contribution is -0.116. The molecule has 0 radical (unpaired) electrons. The van der Waals surface area contributed by atoms with Crippen molar-refractivity contribution in [2.24, 2.45) is 0 Å². The van der Waals surface area contributed by atoms with Crippen LogP contribution in [0.2, 0.25) is 0 Å². The summed E-state index contributed by atoms with van der Waals surface area (Å²) < 4.78 is 39.1. The highest BCUT2D eigenvalue weighted by Crippen LogP contribution is 2.24. The molecule has 152 valence electrons. The first-order chi connectivity index (χ1) is 13.9. The monoisotopic (exact) mass is 432 g/mol. The second-order valence-electron chi connectivity index (χ2n) is 6.53. The molecule has 3 rings (SSSR count). The molecule has 0 saturated carbocycles. The van der Waals surface area contributed by atoms with E-state index >= 15 is 0 Å². The predicted molar refractivity (Wildman–Crippen MR) is 114 cm³/mol. The number of rotatable bonds is 8. The van der Waals surface area contributed by atoms with Gasteiger partial charge in [0.05, 0.1) is 4.90 Å². The summed E-state index contributed by atoms with van der Waals surface area (Å²) >= 11 is 1.61. The molecule has 2 aromatic carbocycles. The van der Waals surface area contributed by atoms with E-state index in [2.05, 4.69) is 5.32 Å². The molecule has 0 unspecified atom stereocenters. The van der Waals surface area contributed by atoms with Gasteiger partial charge in [0.2, 0.25) is 15.9 Å². The molecule has 8 heteroatoms. The SMILES string of the molecule is CN(CCCC(=O)Nc1cccc(-c2ccsc2)c1)S(=O)(=O)c1ccc(F)cc1. The first kappa shape index (κ1) is 21.2. The van der Waals surface area contributed by atoms with Gasteiger partial charge in [-0.05, 0) is 70.8 Å². The van der Waals surface area contributed by atoms with Gasteiger partial charge in [0.25, 0.3) is 0 Å². The molecule has 1 amide bonds. The van der Waals surface area contributed by atoms with Gasteiger partial charge in [0, 0.05) is 25.7 Å². The van der Waals surface area contributed by atoms with Gasteiger partial charge in [-0.25, -0.2) is 17.1 Å². The number of thiophene rings is 1. The summed E-state index contributed by atoms with van der Waals surface area (Å²) in [4.78, 5) is 12.3. The highest BCUT2D eigenvalue weighted by Gasteiger charge is 2.20. The fourth-order valence-corrected chi connectivity index (χ4v) is 4.67. The van der Waals surface area contributed by atoms with Gasteiger partial charge in [-0.15, -0.1) is 0 Å². The van der Waals surface area contributed by atoms with Gasteiger partial charge in [-0.1, -0.05) is 12.1 Å². The number of nitrogens with one attached hydrogen (secondary N) is 1. The Morgan fingerprint density at radius 1 is 1.10 bits per heavy atom. The zero-order chi connectivity index (χ0) is 20.9. The maximum absolute atomic E-state index is 13.0. The summed E-state index contributed by atoms with van der Waals surface area (Å²) in [5, 5.41) is 6.89. The number of amides is 1. The first-order valence-corrected chi connectivity index (χ1v) is 11.4. The van der Waals surface area contributed by atoms with E-state index < -0.39 is 15.8 Å². The van der Waals surface area contributed by atoms with Crippen molar-refractivity contribution in [2.45, 2.75) is 17.7 Å². The fourth-order valence-electron chi connectivity index (χ4n) is 2.80. The third-order valence-corrected chi connectivity index (χ3v) is 6.95. The molecule has 0 saturated heterocycles. The Balaban J connectivity index is 1.52. The van der Waals surface area contributed by atoms with Gasteiger partial charge in [0.15, 0.2) is 0 Å². The van der Waals surface area contributed by atoms with Crippen molar-refractivity contribution in [3.8, 4) is 11.1 Å². The molecule has 0 spiro atoms. The van der Waals surface area contributed by atoms with Crippen LogP contribution in [0, 0.1) is 5.82 Å². The topological polar surface area (TPSA) is 66.5 Å². The van der Waals surface area contributed by atoms with Crippen molar-refractivity contribution in [1.82, 2.24) is 4.31 Å². The number of carbonyl (C=O) groups excluding carboxylic acids is 1. The number of nitrogens with zero attached hydrogens (tertiary/aromatic N) is 1. The highest BCUT2D eigenvalue weighted by atomic mass is 32.2. The number of halogens is 1. The predicted octanol–water partition coefficient (Wildman–Crippen LogP) is 4.59. The lowest BCUT2D eigenvalue weighted by atomic mass is 10.1. The van der Waals surface area contributed by atoms with Crippen LogP contribution in [0.4, 0.5) is 10.1 Å². The Kier molecular flexibility index (Phi) is 6.79. The summed E-state index contributed by atoms with van der Waals surface area (Å²) in [6, 6.07) is 14.3. The molecule has 0 aliphatic rings. The molecule has 0 aliphatic heterocycles. The molecule has 0 fully saturated rings. The highest BCUT2D eigenvalue weighted by molar-refractivity contribution is 7.89. The average Bonchev–Trinajstić information content (AvgIpc) is 3.23. The first-order valence-electron chi connectivity index (χ1n) is 9.00. The molecule has 5 nitrogen and oxygen atoms in total. The maximum atomic E-state index is 13.0. The standard InChI is InChI=1S/C21H21FN2O3S2/c1-24(29(26,27)20-9-7-18(22)8-10-20)12-3-6-21(25)23-19-5-2-4-16(14-19)17-11-13-28-15-17/h2,4-5,7-11,13-15H,3,6,12H2,1H3,(H,23,25). The van der Waals surface area contributed by atoms with Crippen LogP contribution in [0.25, 0.3) is 11.1 Å². The van der Waals surface area contributed by atoms with Crippen LogP contribution >= 0.6 is 11.3 Å². The summed E-state index contributed by atoms with van der Waals surface area (Å²) in [7, 11) is -2.26. The third-order valence-electron chi connectivity index (χ3n) is 4.40. The van der Waals surface area contributed by atoms with Crippen LogP contribution in [-0.4, -0.2) is 32.2 Å². The Morgan fingerprint density at radius 2 is 1.86 bits per heavy atom. The maximum Gasteiger partial charge on any atom is 0.242 e. The molecule has 1 N–H and O–H groups in total. The van der Waals surface area contributed by atoms with Gasteiger partial charge >= 0.3 is 0 Å². The van der Waals surface area contributed by atoms with E-state index in [4.69, 9.17) is 0 Å². The van der Waals surface area contributed by atoms with Crippen molar-refractivity contribution in [3.63, 3.8) is 0 Å². The van der Waals surface area contributed by atoms with E-state index in [0.717, 1.165) is 23.3 Å². The Bertz CT molecular complexity index is 1070.